The molecule has 0 heterocycles. The van der Waals surface area contributed by atoms with Crippen LogP contribution in [-0.4, -0.2) is 14.3 Å². The van der Waals surface area contributed by atoms with Gasteiger partial charge in [-0.3, -0.25) is 4.79 Å². The van der Waals surface area contributed by atoms with E-state index >= 15 is 0 Å². The maximum Gasteiger partial charge on any atom is 0.238 e. The molecule has 0 aliphatic carbocycles. The fourth-order valence-electron chi connectivity index (χ4n) is 1.20. The number of hydrogen-bond acceptors (Lipinski definition) is 3. The Bertz CT molecular complexity index is 506. The molecule has 0 unspecified atom stereocenters. The summed E-state index contributed by atoms with van der Waals surface area (Å²) >= 11 is 0. The molecule has 0 atom stereocenters. The number of carbonyl (C=O) groups is 1. The topological polar surface area (TPSA) is 89.3 Å². The van der Waals surface area contributed by atoms with E-state index in [9.17, 15) is 13.2 Å². The fourth-order valence-corrected chi connectivity index (χ4v) is 1.72. The summed E-state index contributed by atoms with van der Waals surface area (Å²) < 4.78 is 22.0. The Morgan fingerprint density at radius 2 is 1.94 bits per heavy atom. The van der Waals surface area contributed by atoms with Crippen molar-refractivity contribution in [2.45, 2.75) is 17.9 Å². The van der Waals surface area contributed by atoms with Crippen molar-refractivity contribution in [2.24, 2.45) is 5.14 Å². The monoisotopic (exact) mass is 254 g/mol. The quantitative estimate of drug-likeness (QED) is 0.751. The lowest BCUT2D eigenvalue weighted by Crippen LogP contribution is -2.21. The van der Waals surface area contributed by atoms with Gasteiger partial charge in [0.1, 0.15) is 0 Å². The Balaban J connectivity index is 2.63. The van der Waals surface area contributed by atoms with Crippen LogP contribution in [0.2, 0.25) is 0 Å². The van der Waals surface area contributed by atoms with Crippen LogP contribution < -0.4 is 10.5 Å². The predicted octanol–water partition coefficient (Wildman–Crippen LogP) is 0.526. The van der Waals surface area contributed by atoms with Crippen molar-refractivity contribution in [3.05, 3.63) is 42.5 Å². The van der Waals surface area contributed by atoms with Crippen molar-refractivity contribution < 1.29 is 13.2 Å². The summed E-state index contributed by atoms with van der Waals surface area (Å²) in [6.07, 6.45) is 1.77. The first-order valence-electron chi connectivity index (χ1n) is 4.93. The lowest BCUT2D eigenvalue weighted by atomic mass is 10.2. The molecule has 0 aromatic heterocycles. The Labute approximate surface area is 100 Å². The molecule has 17 heavy (non-hydrogen) atoms. The highest BCUT2D eigenvalue weighted by Gasteiger charge is 2.06. The number of sulfonamides is 1. The molecule has 0 aliphatic rings. The molecule has 0 aliphatic heterocycles. The second-order valence-electron chi connectivity index (χ2n) is 3.46. The van der Waals surface area contributed by atoms with E-state index in [1.54, 1.807) is 12.1 Å². The van der Waals surface area contributed by atoms with Crippen LogP contribution >= 0.6 is 0 Å². The number of amides is 1. The first-order chi connectivity index (χ1) is 7.93. The van der Waals surface area contributed by atoms with Crippen LogP contribution in [0.15, 0.2) is 41.8 Å². The van der Waals surface area contributed by atoms with Crippen LogP contribution in [0, 0.1) is 0 Å². The van der Waals surface area contributed by atoms with Gasteiger partial charge in [0.2, 0.25) is 15.9 Å². The molecule has 1 aromatic carbocycles. The molecule has 1 amide bonds. The Kier molecular flexibility index (Phi) is 4.42. The largest absolute Gasteiger partial charge is 0.352 e. The van der Waals surface area contributed by atoms with Crippen LogP contribution in [0.3, 0.4) is 0 Å². The first-order valence-corrected chi connectivity index (χ1v) is 6.47. The van der Waals surface area contributed by atoms with Crippen molar-refractivity contribution in [1.82, 2.24) is 5.32 Å². The minimum Gasteiger partial charge on any atom is -0.352 e. The van der Waals surface area contributed by atoms with E-state index in [0.29, 0.717) is 6.54 Å². The summed E-state index contributed by atoms with van der Waals surface area (Å²) in [6.45, 7) is 3.80. The van der Waals surface area contributed by atoms with E-state index in [1.165, 1.54) is 18.2 Å². The van der Waals surface area contributed by atoms with Gasteiger partial charge in [0.15, 0.2) is 0 Å². The summed E-state index contributed by atoms with van der Waals surface area (Å²) in [5, 5.41) is 7.63. The maximum absolute atomic E-state index is 11.1. The highest BCUT2D eigenvalue weighted by Crippen LogP contribution is 2.08. The highest BCUT2D eigenvalue weighted by atomic mass is 32.2. The van der Waals surface area contributed by atoms with E-state index in [1.807, 2.05) is 0 Å². The predicted molar refractivity (Wildman–Crippen MR) is 64.5 cm³/mol. The number of nitrogens with one attached hydrogen (secondary N) is 1. The number of rotatable bonds is 5. The minimum absolute atomic E-state index is 0.0543. The zero-order valence-corrected chi connectivity index (χ0v) is 10.0. The SMILES string of the molecule is C=CCC(=O)NCc1ccc(S(N)(=O)=O)cc1. The molecule has 3 N–H and O–H groups in total. The standard InChI is InChI=1S/C11H14N2O3S/c1-2-3-11(14)13-8-9-4-6-10(7-5-9)17(12,15)16/h2,4-7H,1,3,8H2,(H,13,14)(H2,12,15,16). The van der Waals surface area contributed by atoms with Gasteiger partial charge < -0.3 is 5.32 Å². The molecule has 0 spiro atoms. The lowest BCUT2D eigenvalue weighted by molar-refractivity contribution is -0.120. The molecular weight excluding hydrogens is 240 g/mol. The van der Waals surface area contributed by atoms with Crippen molar-refractivity contribution in [3.63, 3.8) is 0 Å². The third-order valence-electron chi connectivity index (χ3n) is 2.07. The summed E-state index contributed by atoms with van der Waals surface area (Å²) in [4.78, 5) is 11.2. The van der Waals surface area contributed by atoms with Crippen LogP contribution in [0.1, 0.15) is 12.0 Å². The van der Waals surface area contributed by atoms with Crippen LogP contribution in [0.5, 0.6) is 0 Å². The molecule has 6 heteroatoms. The number of benzene rings is 1. The molecule has 92 valence electrons. The molecule has 5 nitrogen and oxygen atoms in total. The average Bonchev–Trinajstić information content (AvgIpc) is 2.26. The van der Waals surface area contributed by atoms with Crippen molar-refractivity contribution >= 4 is 15.9 Å². The van der Waals surface area contributed by atoms with E-state index in [0.717, 1.165) is 5.56 Å². The van der Waals surface area contributed by atoms with E-state index in [2.05, 4.69) is 11.9 Å². The van der Waals surface area contributed by atoms with E-state index in [-0.39, 0.29) is 17.2 Å². The number of nitrogens with two attached hydrogens (primary N) is 1. The van der Waals surface area contributed by atoms with Crippen molar-refractivity contribution in [1.29, 1.82) is 0 Å². The molecule has 0 bridgehead atoms. The van der Waals surface area contributed by atoms with Gasteiger partial charge in [-0.25, -0.2) is 13.6 Å². The van der Waals surface area contributed by atoms with E-state index < -0.39 is 10.0 Å². The van der Waals surface area contributed by atoms with Gasteiger partial charge in [0.05, 0.1) is 4.90 Å². The van der Waals surface area contributed by atoms with Crippen LogP contribution in [0.4, 0.5) is 0 Å². The zero-order valence-electron chi connectivity index (χ0n) is 9.22. The smallest absolute Gasteiger partial charge is 0.238 e. The van der Waals surface area contributed by atoms with Crippen LogP contribution in [0.25, 0.3) is 0 Å². The van der Waals surface area contributed by atoms with Crippen molar-refractivity contribution in [3.8, 4) is 0 Å². The average molecular weight is 254 g/mol. The Morgan fingerprint density at radius 1 is 1.35 bits per heavy atom. The third kappa shape index (κ3) is 4.38. The number of carbonyl (C=O) groups excluding carboxylic acids is 1. The third-order valence-corrected chi connectivity index (χ3v) is 3.00. The number of primary sulfonamides is 1. The Hall–Kier alpha value is -1.66. The summed E-state index contributed by atoms with van der Waals surface area (Å²) in [5.41, 5.74) is 0.801. The van der Waals surface area contributed by atoms with Gasteiger partial charge in [0.25, 0.3) is 0 Å². The van der Waals surface area contributed by atoms with Gasteiger partial charge in [-0.15, -0.1) is 6.58 Å². The second-order valence-corrected chi connectivity index (χ2v) is 5.02. The summed E-state index contributed by atoms with van der Waals surface area (Å²) in [6, 6.07) is 6.02. The maximum atomic E-state index is 11.1. The normalized spacial score (nSPS) is 10.9. The van der Waals surface area contributed by atoms with Crippen molar-refractivity contribution in [2.75, 3.05) is 0 Å². The van der Waals surface area contributed by atoms with E-state index in [4.69, 9.17) is 5.14 Å². The van der Waals surface area contributed by atoms with Gasteiger partial charge in [-0.2, -0.15) is 0 Å². The zero-order chi connectivity index (χ0) is 12.9. The molecule has 0 radical (unpaired) electrons. The molecule has 0 saturated carbocycles. The van der Waals surface area contributed by atoms with Crippen LogP contribution in [-0.2, 0) is 21.4 Å². The number of hydrogen-bond donors (Lipinski definition) is 2. The minimum atomic E-state index is -3.66. The Morgan fingerprint density at radius 3 is 2.41 bits per heavy atom. The second kappa shape index (κ2) is 5.60. The summed E-state index contributed by atoms with van der Waals surface area (Å²) in [7, 11) is -3.66. The van der Waals surface area contributed by atoms with Gasteiger partial charge in [0, 0.05) is 13.0 Å². The fraction of sp³-hybridized carbons (Fsp3) is 0.182. The first kappa shape index (κ1) is 13.4. The highest BCUT2D eigenvalue weighted by molar-refractivity contribution is 7.89. The van der Waals surface area contributed by atoms with Gasteiger partial charge in [-0.05, 0) is 17.7 Å². The molecule has 0 saturated heterocycles. The summed E-state index contributed by atoms with van der Waals surface area (Å²) in [5.74, 6) is -0.129. The van der Waals surface area contributed by atoms with Gasteiger partial charge in [-0.1, -0.05) is 18.2 Å². The molecular formula is C11H14N2O3S. The molecule has 0 fully saturated rings. The molecule has 1 aromatic rings. The molecule has 1 rings (SSSR count). The lowest BCUT2D eigenvalue weighted by Gasteiger charge is -2.04. The van der Waals surface area contributed by atoms with Gasteiger partial charge >= 0.3 is 0 Å².